The molecule has 0 radical (unpaired) electrons. The predicted octanol–water partition coefficient (Wildman–Crippen LogP) is 3.11. The van der Waals surface area contributed by atoms with Gasteiger partial charge in [-0.1, -0.05) is 13.0 Å². The molecule has 0 saturated carbocycles. The second-order valence-electron chi connectivity index (χ2n) is 3.65. The van der Waals surface area contributed by atoms with Crippen molar-refractivity contribution in [3.63, 3.8) is 0 Å². The molecule has 2 nitrogen and oxygen atoms in total. The van der Waals surface area contributed by atoms with Crippen LogP contribution in [0.15, 0.2) is 24.3 Å². The van der Waals surface area contributed by atoms with Gasteiger partial charge >= 0.3 is 0 Å². The van der Waals surface area contributed by atoms with Gasteiger partial charge in [-0.15, -0.1) is 0 Å². The minimum Gasteiger partial charge on any atom is -0.497 e. The van der Waals surface area contributed by atoms with E-state index in [0.717, 1.165) is 23.6 Å². The summed E-state index contributed by atoms with van der Waals surface area (Å²) >= 11 is 0. The molecule has 1 heterocycles. The first-order valence-electron chi connectivity index (χ1n) is 5.19. The maximum atomic E-state index is 5.22. The van der Waals surface area contributed by atoms with Crippen LogP contribution in [0.3, 0.4) is 0 Å². The van der Waals surface area contributed by atoms with Gasteiger partial charge in [-0.05, 0) is 36.9 Å². The third-order valence-electron chi connectivity index (χ3n) is 2.58. The molecule has 0 aliphatic carbocycles. The molecule has 0 amide bonds. The van der Waals surface area contributed by atoms with Crippen molar-refractivity contribution < 1.29 is 4.74 Å². The maximum Gasteiger partial charge on any atom is 0.119 e. The summed E-state index contributed by atoms with van der Waals surface area (Å²) in [6, 6.07) is 8.23. The molecule has 78 valence electrons. The number of rotatable bonds is 2. The van der Waals surface area contributed by atoms with Crippen LogP contribution in [-0.2, 0) is 6.42 Å². The summed E-state index contributed by atoms with van der Waals surface area (Å²) in [5, 5.41) is 2.43. The number of methoxy groups -OCH3 is 1. The molecule has 15 heavy (non-hydrogen) atoms. The van der Waals surface area contributed by atoms with Crippen LogP contribution in [-0.4, -0.2) is 12.1 Å². The van der Waals surface area contributed by atoms with Crippen molar-refractivity contribution in [2.45, 2.75) is 20.3 Å². The number of hydrogen-bond acceptors (Lipinski definition) is 2. The van der Waals surface area contributed by atoms with E-state index in [1.165, 1.54) is 10.8 Å². The van der Waals surface area contributed by atoms with Crippen molar-refractivity contribution in [3.05, 3.63) is 35.7 Å². The number of pyridine rings is 1. The Bertz CT molecular complexity index is 491. The Balaban J connectivity index is 2.73. The number of benzene rings is 1. The van der Waals surface area contributed by atoms with Crippen LogP contribution in [0, 0.1) is 6.92 Å². The lowest BCUT2D eigenvalue weighted by molar-refractivity contribution is 0.415. The van der Waals surface area contributed by atoms with Gasteiger partial charge in [-0.3, -0.25) is 4.98 Å². The molecule has 2 aromatic rings. The van der Waals surface area contributed by atoms with E-state index in [4.69, 9.17) is 4.74 Å². The first-order chi connectivity index (χ1) is 7.24. The van der Waals surface area contributed by atoms with Crippen molar-refractivity contribution in [2.75, 3.05) is 7.11 Å². The van der Waals surface area contributed by atoms with Gasteiger partial charge in [0.25, 0.3) is 0 Å². The van der Waals surface area contributed by atoms with E-state index in [1.807, 2.05) is 13.0 Å². The lowest BCUT2D eigenvalue weighted by Crippen LogP contribution is -1.93. The molecule has 1 aromatic carbocycles. The fourth-order valence-corrected chi connectivity index (χ4v) is 1.84. The van der Waals surface area contributed by atoms with Crippen molar-refractivity contribution >= 4 is 10.8 Å². The zero-order valence-electron chi connectivity index (χ0n) is 9.37. The van der Waals surface area contributed by atoms with E-state index in [9.17, 15) is 0 Å². The van der Waals surface area contributed by atoms with E-state index in [-0.39, 0.29) is 0 Å². The maximum absolute atomic E-state index is 5.22. The smallest absolute Gasteiger partial charge is 0.119 e. The zero-order chi connectivity index (χ0) is 10.8. The Hall–Kier alpha value is -1.57. The van der Waals surface area contributed by atoms with Crippen molar-refractivity contribution in [3.8, 4) is 5.75 Å². The lowest BCUT2D eigenvalue weighted by Gasteiger charge is -2.07. The van der Waals surface area contributed by atoms with Gasteiger partial charge in [0.2, 0.25) is 0 Å². The molecule has 1 aromatic heterocycles. The normalized spacial score (nSPS) is 10.6. The van der Waals surface area contributed by atoms with Crippen LogP contribution in [0.25, 0.3) is 10.8 Å². The first-order valence-corrected chi connectivity index (χ1v) is 5.19. The van der Waals surface area contributed by atoms with Gasteiger partial charge in [0, 0.05) is 16.8 Å². The van der Waals surface area contributed by atoms with Gasteiger partial charge < -0.3 is 4.74 Å². The molecule has 0 atom stereocenters. The molecular formula is C13H15NO. The molecule has 0 unspecified atom stereocenters. The molecule has 0 N–H and O–H groups in total. The molecule has 0 aliphatic heterocycles. The lowest BCUT2D eigenvalue weighted by atomic mass is 10.1. The number of ether oxygens (including phenoxy) is 1. The van der Waals surface area contributed by atoms with E-state index in [0.29, 0.717) is 0 Å². The Labute approximate surface area is 89.9 Å². The summed E-state index contributed by atoms with van der Waals surface area (Å²) in [6.07, 6.45) is 0.950. The highest BCUT2D eigenvalue weighted by atomic mass is 16.5. The third kappa shape index (κ3) is 1.80. The van der Waals surface area contributed by atoms with E-state index >= 15 is 0 Å². The zero-order valence-corrected chi connectivity index (χ0v) is 9.37. The predicted molar refractivity (Wildman–Crippen MR) is 62.4 cm³/mol. The van der Waals surface area contributed by atoms with Crippen molar-refractivity contribution in [2.24, 2.45) is 0 Å². The standard InChI is InChI=1S/C13H15NO/c1-4-13-12-8-11(15-3)6-5-10(12)7-9(2)14-13/h5-8H,4H2,1-3H3. The fraction of sp³-hybridized carbons (Fsp3) is 0.308. The monoisotopic (exact) mass is 201 g/mol. The number of aryl methyl sites for hydroxylation is 2. The van der Waals surface area contributed by atoms with Gasteiger partial charge in [0.1, 0.15) is 5.75 Å². The van der Waals surface area contributed by atoms with E-state index in [2.05, 4.69) is 30.1 Å². The quantitative estimate of drug-likeness (QED) is 0.744. The Kier molecular flexibility index (Phi) is 2.58. The Morgan fingerprint density at radius 3 is 2.73 bits per heavy atom. The topological polar surface area (TPSA) is 22.1 Å². The van der Waals surface area contributed by atoms with Crippen LogP contribution < -0.4 is 4.74 Å². The molecule has 0 fully saturated rings. The summed E-state index contributed by atoms with van der Waals surface area (Å²) in [7, 11) is 1.69. The molecule has 0 bridgehead atoms. The highest BCUT2D eigenvalue weighted by Crippen LogP contribution is 2.24. The molecule has 0 saturated heterocycles. The average molecular weight is 201 g/mol. The summed E-state index contributed by atoms with van der Waals surface area (Å²) < 4.78 is 5.22. The van der Waals surface area contributed by atoms with Crippen LogP contribution in [0.4, 0.5) is 0 Å². The molecule has 2 heteroatoms. The Morgan fingerprint density at radius 1 is 1.27 bits per heavy atom. The Morgan fingerprint density at radius 2 is 2.07 bits per heavy atom. The average Bonchev–Trinajstić information content (AvgIpc) is 2.27. The highest BCUT2D eigenvalue weighted by Gasteiger charge is 2.03. The molecule has 0 aliphatic rings. The minimum absolute atomic E-state index is 0.892. The number of nitrogens with zero attached hydrogens (tertiary/aromatic N) is 1. The SMILES string of the molecule is CCc1nc(C)cc2ccc(OC)cc12. The van der Waals surface area contributed by atoms with Crippen molar-refractivity contribution in [1.82, 2.24) is 4.98 Å². The highest BCUT2D eigenvalue weighted by molar-refractivity contribution is 5.86. The van der Waals surface area contributed by atoms with Crippen LogP contribution >= 0.6 is 0 Å². The van der Waals surface area contributed by atoms with Gasteiger partial charge in [0.05, 0.1) is 7.11 Å². The van der Waals surface area contributed by atoms with Crippen molar-refractivity contribution in [1.29, 1.82) is 0 Å². The summed E-state index contributed by atoms with van der Waals surface area (Å²) in [5.41, 5.74) is 2.22. The van der Waals surface area contributed by atoms with Gasteiger partial charge in [0.15, 0.2) is 0 Å². The number of hydrogen-bond donors (Lipinski definition) is 0. The second-order valence-corrected chi connectivity index (χ2v) is 3.65. The second kappa shape index (κ2) is 3.89. The van der Waals surface area contributed by atoms with Crippen LogP contribution in [0.1, 0.15) is 18.3 Å². The number of aromatic nitrogens is 1. The first kappa shape index (κ1) is 9.97. The largest absolute Gasteiger partial charge is 0.497 e. The van der Waals surface area contributed by atoms with Crippen LogP contribution in [0.2, 0.25) is 0 Å². The summed E-state index contributed by atoms with van der Waals surface area (Å²) in [4.78, 5) is 4.54. The summed E-state index contributed by atoms with van der Waals surface area (Å²) in [5.74, 6) is 0.892. The molecule has 0 spiro atoms. The fourth-order valence-electron chi connectivity index (χ4n) is 1.84. The number of fused-ring (bicyclic) bond motifs is 1. The van der Waals surface area contributed by atoms with Gasteiger partial charge in [-0.2, -0.15) is 0 Å². The third-order valence-corrected chi connectivity index (χ3v) is 2.58. The van der Waals surface area contributed by atoms with E-state index in [1.54, 1.807) is 7.11 Å². The summed E-state index contributed by atoms with van der Waals surface area (Å²) in [6.45, 7) is 4.16. The molecular weight excluding hydrogens is 186 g/mol. The molecule has 2 rings (SSSR count). The minimum atomic E-state index is 0.892. The van der Waals surface area contributed by atoms with E-state index < -0.39 is 0 Å². The van der Waals surface area contributed by atoms with Crippen LogP contribution in [0.5, 0.6) is 5.75 Å². The van der Waals surface area contributed by atoms with Gasteiger partial charge in [-0.25, -0.2) is 0 Å².